The van der Waals surface area contributed by atoms with Crippen LogP contribution in [0.15, 0.2) is 55.0 Å². The van der Waals surface area contributed by atoms with Gasteiger partial charge in [0.25, 0.3) is 5.91 Å². The highest BCUT2D eigenvalue weighted by atomic mass is 32.1. The molecule has 0 bridgehead atoms. The highest BCUT2D eigenvalue weighted by Crippen LogP contribution is 2.18. The van der Waals surface area contributed by atoms with Crippen molar-refractivity contribution in [3.63, 3.8) is 0 Å². The number of nitrogens with zero attached hydrogens (tertiary/aromatic N) is 6. The van der Waals surface area contributed by atoms with Crippen LogP contribution in [0.4, 0.5) is 14.3 Å². The molecule has 0 aliphatic heterocycles. The van der Waals surface area contributed by atoms with Gasteiger partial charge >= 0.3 is 6.03 Å². The third kappa shape index (κ3) is 5.23. The second-order valence-corrected chi connectivity index (χ2v) is 7.96. The van der Waals surface area contributed by atoms with Gasteiger partial charge in [-0.05, 0) is 29.8 Å². The van der Waals surface area contributed by atoms with Crippen LogP contribution in [-0.4, -0.2) is 47.6 Å². The van der Waals surface area contributed by atoms with E-state index in [4.69, 9.17) is 0 Å². The van der Waals surface area contributed by atoms with E-state index in [2.05, 4.69) is 25.1 Å². The number of nitrogens with one attached hydrogen (secondary N) is 2. The Labute approximate surface area is 192 Å². The van der Waals surface area contributed by atoms with E-state index in [1.54, 1.807) is 30.9 Å². The summed E-state index contributed by atoms with van der Waals surface area (Å²) in [4.78, 5) is 30.9. The third-order valence-electron chi connectivity index (χ3n) is 4.74. The summed E-state index contributed by atoms with van der Waals surface area (Å²) < 4.78 is 20.9. The van der Waals surface area contributed by atoms with Crippen LogP contribution in [0, 0.1) is 5.82 Å². The predicted molar refractivity (Wildman–Crippen MR) is 120 cm³/mol. The van der Waals surface area contributed by atoms with Gasteiger partial charge in [-0.15, -0.1) is 0 Å². The van der Waals surface area contributed by atoms with Crippen LogP contribution in [0.1, 0.15) is 21.7 Å². The Hall–Kier alpha value is -4.06. The number of rotatable bonds is 7. The van der Waals surface area contributed by atoms with Gasteiger partial charge in [-0.1, -0.05) is 12.1 Å². The van der Waals surface area contributed by atoms with Crippen molar-refractivity contribution in [2.24, 2.45) is 7.05 Å². The van der Waals surface area contributed by atoms with Gasteiger partial charge in [0.05, 0.1) is 12.7 Å². The molecule has 3 heterocycles. The minimum atomic E-state index is -0.488. The monoisotopic (exact) mass is 468 g/mol. The fourth-order valence-corrected chi connectivity index (χ4v) is 3.77. The number of anilines is 1. The fraction of sp³-hybridized carbons (Fsp3) is 0.190. The van der Waals surface area contributed by atoms with Crippen LogP contribution in [0.5, 0.6) is 0 Å². The molecule has 33 heavy (non-hydrogen) atoms. The lowest BCUT2D eigenvalue weighted by Crippen LogP contribution is -2.28. The van der Waals surface area contributed by atoms with E-state index in [-0.39, 0.29) is 29.9 Å². The molecular weight excluding hydrogens is 447 g/mol. The molecule has 0 spiro atoms. The van der Waals surface area contributed by atoms with Gasteiger partial charge in [0, 0.05) is 44.6 Å². The van der Waals surface area contributed by atoms with E-state index in [0.29, 0.717) is 22.8 Å². The molecule has 170 valence electrons. The average Bonchev–Trinajstić information content (AvgIpc) is 3.53. The zero-order chi connectivity index (χ0) is 23.4. The Balaban J connectivity index is 1.35. The van der Waals surface area contributed by atoms with Crippen molar-refractivity contribution in [3.05, 3.63) is 77.8 Å². The van der Waals surface area contributed by atoms with Crippen LogP contribution < -0.4 is 10.6 Å². The summed E-state index contributed by atoms with van der Waals surface area (Å²) in [5.74, 6) is 0.445. The van der Waals surface area contributed by atoms with Gasteiger partial charge in [0.15, 0.2) is 5.82 Å². The normalized spacial score (nSPS) is 10.8. The standard InChI is InChI=1S/C21H21FN8O2S/c1-28(19(31)16-12-24-29(2)18(16)30-8-3-4-9-30)13-17-25-21(33-27-17)26-20(32)23-11-14-6-5-7-15(22)10-14/h3-10,12H,11,13H2,1-2H3,(H2,23,25,26,27,32). The number of carbonyl (C=O) groups excluding carboxylic acids is 2. The van der Waals surface area contributed by atoms with E-state index in [9.17, 15) is 14.0 Å². The maximum atomic E-state index is 13.2. The van der Waals surface area contributed by atoms with Crippen LogP contribution in [0.3, 0.4) is 0 Å². The molecule has 0 unspecified atom stereocenters. The van der Waals surface area contributed by atoms with Crippen LogP contribution in [-0.2, 0) is 20.1 Å². The number of aryl methyl sites for hydroxylation is 1. The smallest absolute Gasteiger partial charge is 0.321 e. The van der Waals surface area contributed by atoms with E-state index in [1.807, 2.05) is 29.1 Å². The molecule has 0 saturated heterocycles. The number of hydrogen-bond acceptors (Lipinski definition) is 6. The summed E-state index contributed by atoms with van der Waals surface area (Å²) in [6.45, 7) is 0.323. The second kappa shape index (κ2) is 9.61. The summed E-state index contributed by atoms with van der Waals surface area (Å²) in [5.41, 5.74) is 1.08. The van der Waals surface area contributed by atoms with Crippen molar-refractivity contribution < 1.29 is 14.0 Å². The molecule has 3 aromatic heterocycles. The summed E-state index contributed by atoms with van der Waals surface area (Å²) in [5, 5.41) is 9.72. The zero-order valence-corrected chi connectivity index (χ0v) is 18.7. The Bertz CT molecular complexity index is 1270. The number of halogens is 1. The van der Waals surface area contributed by atoms with Crippen molar-refractivity contribution in [1.82, 2.24) is 33.9 Å². The SMILES string of the molecule is CN(Cc1nsc(NC(=O)NCc2cccc(F)c2)n1)C(=O)c1cnn(C)c1-n1cccc1. The molecule has 3 amide bonds. The van der Waals surface area contributed by atoms with E-state index >= 15 is 0 Å². The zero-order valence-electron chi connectivity index (χ0n) is 17.9. The van der Waals surface area contributed by atoms with Crippen molar-refractivity contribution in [2.45, 2.75) is 13.1 Å². The first kappa shape index (κ1) is 22.1. The average molecular weight is 469 g/mol. The molecule has 4 rings (SSSR count). The third-order valence-corrected chi connectivity index (χ3v) is 5.41. The largest absolute Gasteiger partial charge is 0.334 e. The number of aromatic nitrogens is 5. The van der Waals surface area contributed by atoms with Gasteiger partial charge in [0.1, 0.15) is 17.2 Å². The van der Waals surface area contributed by atoms with Gasteiger partial charge in [0.2, 0.25) is 5.13 Å². The molecule has 0 saturated carbocycles. The summed E-state index contributed by atoms with van der Waals surface area (Å²) in [6.07, 6.45) is 5.21. The molecule has 2 N–H and O–H groups in total. The molecule has 4 aromatic rings. The Morgan fingerprint density at radius 3 is 2.76 bits per heavy atom. The minimum absolute atomic E-state index is 0.155. The molecular formula is C21H21FN8O2S. The lowest BCUT2D eigenvalue weighted by atomic mass is 10.2. The predicted octanol–water partition coefficient (Wildman–Crippen LogP) is 2.80. The van der Waals surface area contributed by atoms with E-state index in [0.717, 1.165) is 11.5 Å². The van der Waals surface area contributed by atoms with Gasteiger partial charge in [-0.25, -0.2) is 14.2 Å². The quantitative estimate of drug-likeness (QED) is 0.433. The Morgan fingerprint density at radius 2 is 2.00 bits per heavy atom. The molecule has 0 fully saturated rings. The first-order valence-corrected chi connectivity index (χ1v) is 10.7. The topological polar surface area (TPSA) is 110 Å². The molecule has 12 heteroatoms. The lowest BCUT2D eigenvalue weighted by Gasteiger charge is -2.16. The van der Waals surface area contributed by atoms with Gasteiger partial charge in [-0.3, -0.25) is 14.8 Å². The number of benzene rings is 1. The van der Waals surface area contributed by atoms with Crippen molar-refractivity contribution >= 4 is 28.6 Å². The molecule has 0 radical (unpaired) electrons. The van der Waals surface area contributed by atoms with Gasteiger partial charge < -0.3 is 14.8 Å². The van der Waals surface area contributed by atoms with E-state index in [1.165, 1.54) is 23.2 Å². The summed E-state index contributed by atoms with van der Waals surface area (Å²) >= 11 is 1.01. The highest BCUT2D eigenvalue weighted by Gasteiger charge is 2.22. The molecule has 1 aromatic carbocycles. The highest BCUT2D eigenvalue weighted by molar-refractivity contribution is 7.09. The van der Waals surface area contributed by atoms with Crippen molar-refractivity contribution in [1.29, 1.82) is 0 Å². The van der Waals surface area contributed by atoms with Crippen LogP contribution in [0.25, 0.3) is 5.82 Å². The number of carbonyl (C=O) groups is 2. The first-order chi connectivity index (χ1) is 15.9. The van der Waals surface area contributed by atoms with Crippen molar-refractivity contribution in [3.8, 4) is 5.82 Å². The van der Waals surface area contributed by atoms with Crippen LogP contribution in [0.2, 0.25) is 0 Å². The van der Waals surface area contributed by atoms with Gasteiger partial charge in [-0.2, -0.15) is 9.47 Å². The molecule has 0 aliphatic carbocycles. The van der Waals surface area contributed by atoms with Crippen molar-refractivity contribution in [2.75, 3.05) is 12.4 Å². The maximum absolute atomic E-state index is 13.2. The van der Waals surface area contributed by atoms with Crippen LogP contribution >= 0.6 is 11.5 Å². The number of urea groups is 1. The first-order valence-electron chi connectivity index (χ1n) is 9.93. The number of hydrogen-bond donors (Lipinski definition) is 2. The summed E-state index contributed by atoms with van der Waals surface area (Å²) in [7, 11) is 3.42. The van der Waals surface area contributed by atoms with E-state index < -0.39 is 6.03 Å². The molecule has 0 aliphatic rings. The molecule has 0 atom stereocenters. The fourth-order valence-electron chi connectivity index (χ4n) is 3.19. The Kier molecular flexibility index (Phi) is 6.45. The molecule has 10 nitrogen and oxygen atoms in total. The second-order valence-electron chi connectivity index (χ2n) is 7.21. The maximum Gasteiger partial charge on any atom is 0.321 e. The summed E-state index contributed by atoms with van der Waals surface area (Å²) in [6, 6.07) is 9.22. The minimum Gasteiger partial charge on any atom is -0.334 e. The number of amides is 3. The lowest BCUT2D eigenvalue weighted by molar-refractivity contribution is 0.0782. The Morgan fingerprint density at radius 1 is 1.21 bits per heavy atom.